The topological polar surface area (TPSA) is 83.1 Å². The predicted molar refractivity (Wildman–Crippen MR) is 121 cm³/mol. The fourth-order valence-corrected chi connectivity index (χ4v) is 5.32. The molecule has 0 radical (unpaired) electrons. The van der Waals surface area contributed by atoms with E-state index >= 15 is 0 Å². The van der Waals surface area contributed by atoms with Crippen molar-refractivity contribution in [2.45, 2.75) is 29.8 Å². The number of amides is 1. The molecule has 2 aliphatic heterocycles. The first-order chi connectivity index (χ1) is 16.8. The van der Waals surface area contributed by atoms with Crippen LogP contribution >= 0.6 is 10.2 Å². The fraction of sp³-hybridized carbons (Fsp3) is 0.409. The lowest BCUT2D eigenvalue weighted by molar-refractivity contribution is 0.0228. The number of morpholine rings is 1. The van der Waals surface area contributed by atoms with E-state index in [-0.39, 0.29) is 42.8 Å². The molecule has 4 heterocycles. The van der Waals surface area contributed by atoms with Crippen molar-refractivity contribution in [1.82, 2.24) is 25.2 Å². The summed E-state index contributed by atoms with van der Waals surface area (Å²) in [6.45, 7) is 2.23. The number of hydrogen-bond donors (Lipinski definition) is 2. The lowest BCUT2D eigenvalue weighted by atomic mass is 9.88. The van der Waals surface area contributed by atoms with Crippen molar-refractivity contribution in [3.05, 3.63) is 53.2 Å². The molecule has 1 amide bonds. The highest BCUT2D eigenvalue weighted by molar-refractivity contribution is 8.45. The lowest BCUT2D eigenvalue weighted by Crippen LogP contribution is -2.38. The maximum absolute atomic E-state index is 14.9. The zero-order chi connectivity index (χ0) is 25.8. The number of benzene rings is 1. The number of imidazole rings is 1. The summed E-state index contributed by atoms with van der Waals surface area (Å²) in [6, 6.07) is 1.96. The van der Waals surface area contributed by atoms with E-state index in [0.29, 0.717) is 48.5 Å². The van der Waals surface area contributed by atoms with Crippen LogP contribution in [-0.4, -0.2) is 58.5 Å². The highest BCUT2D eigenvalue weighted by Gasteiger charge is 2.65. The molecular weight excluding hydrogens is 512 g/mol. The molecule has 2 aliphatic rings. The first-order valence-corrected chi connectivity index (χ1v) is 13.2. The van der Waals surface area contributed by atoms with Gasteiger partial charge in [0.25, 0.3) is 5.91 Å². The zero-order valence-electron chi connectivity index (χ0n) is 18.8. The van der Waals surface area contributed by atoms with Gasteiger partial charge in [0.1, 0.15) is 22.6 Å². The molecule has 1 aromatic carbocycles. The Labute approximate surface area is 202 Å². The number of likely N-dealkylation sites (tertiary alicyclic amines) is 1. The Balaban J connectivity index is 1.31. The molecule has 14 heteroatoms. The van der Waals surface area contributed by atoms with Gasteiger partial charge in [-0.15, -0.1) is 0 Å². The fourth-order valence-electron chi connectivity index (χ4n) is 4.67. The van der Waals surface area contributed by atoms with Crippen molar-refractivity contribution in [1.29, 1.82) is 0 Å². The quantitative estimate of drug-likeness (QED) is 0.435. The average Bonchev–Trinajstić information content (AvgIpc) is 3.27. The van der Waals surface area contributed by atoms with Gasteiger partial charge in [-0.1, -0.05) is 19.4 Å². The van der Waals surface area contributed by atoms with E-state index < -0.39 is 26.8 Å². The second-order valence-electron chi connectivity index (χ2n) is 8.96. The molecular formula is C22H23F6N5O2S. The van der Waals surface area contributed by atoms with Crippen LogP contribution in [0, 0.1) is 5.82 Å². The summed E-state index contributed by atoms with van der Waals surface area (Å²) in [6.07, 6.45) is 1.58. The Morgan fingerprint density at radius 2 is 1.78 bits per heavy atom. The first-order valence-electron chi connectivity index (χ1n) is 11.3. The van der Waals surface area contributed by atoms with Crippen molar-refractivity contribution in [3.8, 4) is 0 Å². The molecule has 0 unspecified atom stereocenters. The van der Waals surface area contributed by atoms with Gasteiger partial charge in [-0.25, -0.2) is 14.4 Å². The first kappa shape index (κ1) is 24.8. The zero-order valence-corrected chi connectivity index (χ0v) is 19.6. The number of rotatable bonds is 4. The third-order valence-electron chi connectivity index (χ3n) is 6.50. The standard InChI is InChI=1S/C22H23F6N5O2S/c23-16-11-30-21-19(31-20(32-21)17-12-29-7-10-35-17)18(16)13-5-8-33(9-6-13)22(34)14-1-3-15(4-2-14)36(24,25,26,27)28/h1-4,11,13,17,29H,5-10,12H2,(H,30,31,32)/t17-/m0/s1. The number of carbonyl (C=O) groups excluding carboxylic acids is 1. The summed E-state index contributed by atoms with van der Waals surface area (Å²) in [5, 5.41) is 3.20. The van der Waals surface area contributed by atoms with Crippen molar-refractivity contribution >= 4 is 27.3 Å². The minimum Gasteiger partial charge on any atom is -0.368 e. The number of H-pyrrole nitrogens is 1. The predicted octanol–water partition coefficient (Wildman–Crippen LogP) is 5.44. The molecule has 0 saturated carbocycles. The molecule has 1 atom stereocenters. The molecule has 196 valence electrons. The maximum atomic E-state index is 14.9. The highest BCUT2D eigenvalue weighted by atomic mass is 32.5. The second kappa shape index (κ2) is 8.08. The van der Waals surface area contributed by atoms with E-state index in [4.69, 9.17) is 4.74 Å². The SMILES string of the molecule is O=C(c1ccc(S(F)(F)(F)(F)F)cc1)N1CCC(c2c(F)cnc3nc([C@@H]4CNCCO4)[nH]c23)CC1. The number of carbonyl (C=O) groups is 1. The van der Waals surface area contributed by atoms with E-state index in [2.05, 4.69) is 20.3 Å². The summed E-state index contributed by atoms with van der Waals surface area (Å²) in [7, 11) is -9.81. The Hall–Kier alpha value is -2.84. The van der Waals surface area contributed by atoms with Gasteiger partial charge in [0.15, 0.2) is 5.65 Å². The summed E-state index contributed by atoms with van der Waals surface area (Å²) in [5.41, 5.74) is 1.11. The van der Waals surface area contributed by atoms with Gasteiger partial charge in [0.05, 0.1) is 18.3 Å². The number of piperidine rings is 1. The third-order valence-corrected chi connectivity index (χ3v) is 7.66. The van der Waals surface area contributed by atoms with Crippen molar-refractivity contribution in [2.24, 2.45) is 0 Å². The summed E-state index contributed by atoms with van der Waals surface area (Å²) in [4.78, 5) is 23.8. The van der Waals surface area contributed by atoms with Crippen LogP contribution in [0.2, 0.25) is 0 Å². The van der Waals surface area contributed by atoms with E-state index in [0.717, 1.165) is 24.9 Å². The summed E-state index contributed by atoms with van der Waals surface area (Å²) in [5.74, 6) is -0.794. The number of aromatic nitrogens is 3. The molecule has 0 bridgehead atoms. The number of nitrogens with zero attached hydrogens (tertiary/aromatic N) is 3. The van der Waals surface area contributed by atoms with Crippen molar-refractivity contribution in [3.63, 3.8) is 0 Å². The normalized spacial score (nSPS) is 21.8. The Morgan fingerprint density at radius 3 is 2.39 bits per heavy atom. The third kappa shape index (κ3) is 4.89. The maximum Gasteiger partial charge on any atom is 0.310 e. The minimum atomic E-state index is -9.81. The number of aromatic amines is 1. The van der Waals surface area contributed by atoms with Crippen LogP contribution in [0.25, 0.3) is 11.2 Å². The molecule has 7 nitrogen and oxygen atoms in total. The minimum absolute atomic E-state index is 0.129. The van der Waals surface area contributed by atoms with Gasteiger partial charge in [0.2, 0.25) is 0 Å². The second-order valence-corrected chi connectivity index (χ2v) is 11.4. The van der Waals surface area contributed by atoms with Crippen molar-refractivity contribution < 1.29 is 33.4 Å². The number of ether oxygens (including phenoxy) is 1. The number of hydrogen-bond acceptors (Lipinski definition) is 5. The molecule has 2 N–H and O–H groups in total. The van der Waals surface area contributed by atoms with Gasteiger partial charge >= 0.3 is 10.2 Å². The highest BCUT2D eigenvalue weighted by Crippen LogP contribution is 3.02. The van der Waals surface area contributed by atoms with Gasteiger partial charge in [0, 0.05) is 37.3 Å². The van der Waals surface area contributed by atoms with Gasteiger partial charge < -0.3 is 19.9 Å². The van der Waals surface area contributed by atoms with Crippen molar-refractivity contribution in [2.75, 3.05) is 32.8 Å². The lowest BCUT2D eigenvalue weighted by Gasteiger charge is -2.40. The van der Waals surface area contributed by atoms with Gasteiger partial charge in [-0.3, -0.25) is 4.79 Å². The van der Waals surface area contributed by atoms with Crippen LogP contribution in [-0.2, 0) is 4.74 Å². The Morgan fingerprint density at radius 1 is 1.08 bits per heavy atom. The van der Waals surface area contributed by atoms with E-state index in [1.165, 1.54) is 4.90 Å². The van der Waals surface area contributed by atoms with Crippen LogP contribution < -0.4 is 5.32 Å². The van der Waals surface area contributed by atoms with Gasteiger partial charge in [-0.05, 0) is 43.0 Å². The van der Waals surface area contributed by atoms with E-state index in [9.17, 15) is 28.6 Å². The van der Waals surface area contributed by atoms with Gasteiger partial charge in [-0.2, -0.15) is 0 Å². The molecule has 2 aromatic heterocycles. The molecule has 5 rings (SSSR count). The smallest absolute Gasteiger partial charge is 0.310 e. The average molecular weight is 536 g/mol. The monoisotopic (exact) mass is 535 g/mol. The van der Waals surface area contributed by atoms with Crippen LogP contribution in [0.15, 0.2) is 35.4 Å². The number of halogens is 6. The number of nitrogens with one attached hydrogen (secondary N) is 2. The molecule has 36 heavy (non-hydrogen) atoms. The molecule has 0 aliphatic carbocycles. The number of pyridine rings is 1. The Bertz CT molecular complexity index is 1300. The largest absolute Gasteiger partial charge is 0.368 e. The Kier molecular flexibility index (Phi) is 5.58. The molecule has 3 aromatic rings. The molecule has 2 saturated heterocycles. The van der Waals surface area contributed by atoms with Crippen LogP contribution in [0.3, 0.4) is 0 Å². The summed E-state index contributed by atoms with van der Waals surface area (Å²) < 4.78 is 85.3. The van der Waals surface area contributed by atoms with E-state index in [1.54, 1.807) is 0 Å². The van der Waals surface area contributed by atoms with Crippen LogP contribution in [0.5, 0.6) is 0 Å². The van der Waals surface area contributed by atoms with Crippen LogP contribution in [0.1, 0.15) is 46.6 Å². The molecule has 2 fully saturated rings. The van der Waals surface area contributed by atoms with Crippen LogP contribution in [0.4, 0.5) is 23.8 Å². The molecule has 0 spiro atoms. The van der Waals surface area contributed by atoms with E-state index in [1.807, 2.05) is 0 Å². The summed E-state index contributed by atoms with van der Waals surface area (Å²) >= 11 is 0. The number of fused-ring (bicyclic) bond motifs is 1.